The highest BCUT2D eigenvalue weighted by Gasteiger charge is 2.18. The average Bonchev–Trinajstić information content (AvgIpc) is 2.03. The molecule has 0 atom stereocenters. The zero-order chi connectivity index (χ0) is 10.0. The van der Waals surface area contributed by atoms with E-state index in [9.17, 15) is 8.78 Å². The first-order valence-electron chi connectivity index (χ1n) is 3.90. The third kappa shape index (κ3) is 2.05. The van der Waals surface area contributed by atoms with Crippen molar-refractivity contribution in [3.63, 3.8) is 0 Å². The van der Waals surface area contributed by atoms with Gasteiger partial charge < -0.3 is 10.0 Å². The lowest BCUT2D eigenvalue weighted by Crippen LogP contribution is -2.33. The Morgan fingerprint density at radius 3 is 2.31 bits per heavy atom. The van der Waals surface area contributed by atoms with E-state index in [2.05, 4.69) is 0 Å². The molecule has 0 heterocycles. The maximum absolute atomic E-state index is 12.9. The van der Waals surface area contributed by atoms with E-state index in [1.54, 1.807) is 6.92 Å². The zero-order valence-electron chi connectivity index (χ0n) is 7.09. The predicted octanol–water partition coefficient (Wildman–Crippen LogP) is 0.207. The maximum Gasteiger partial charge on any atom is 0.491 e. The molecule has 0 radical (unpaired) electrons. The van der Waals surface area contributed by atoms with Gasteiger partial charge >= 0.3 is 7.12 Å². The van der Waals surface area contributed by atoms with Crippen molar-refractivity contribution in [2.24, 2.45) is 0 Å². The number of benzene rings is 1. The van der Waals surface area contributed by atoms with E-state index in [1.807, 2.05) is 0 Å². The third-order valence-electron chi connectivity index (χ3n) is 1.82. The van der Waals surface area contributed by atoms with E-state index in [0.717, 1.165) is 6.07 Å². The van der Waals surface area contributed by atoms with Crippen LogP contribution in [0.4, 0.5) is 8.78 Å². The van der Waals surface area contributed by atoms with E-state index < -0.39 is 18.8 Å². The van der Waals surface area contributed by atoms with Crippen LogP contribution in [0.5, 0.6) is 0 Å². The molecule has 0 fully saturated rings. The highest BCUT2D eigenvalue weighted by Crippen LogP contribution is 2.08. The number of hydrogen-bond acceptors (Lipinski definition) is 2. The van der Waals surface area contributed by atoms with Crippen molar-refractivity contribution in [1.82, 2.24) is 0 Å². The number of hydrogen-bond donors (Lipinski definition) is 2. The monoisotopic (exact) mass is 186 g/mol. The van der Waals surface area contributed by atoms with Gasteiger partial charge in [-0.1, -0.05) is 13.0 Å². The molecule has 0 aliphatic carbocycles. The molecule has 1 aromatic rings. The first kappa shape index (κ1) is 10.1. The van der Waals surface area contributed by atoms with Crippen molar-refractivity contribution >= 4 is 12.6 Å². The van der Waals surface area contributed by atoms with Crippen molar-refractivity contribution < 1.29 is 18.8 Å². The number of aryl methyl sites for hydroxylation is 1. The van der Waals surface area contributed by atoms with Crippen molar-refractivity contribution in [3.8, 4) is 0 Å². The van der Waals surface area contributed by atoms with Crippen molar-refractivity contribution in [2.45, 2.75) is 13.3 Å². The Kier molecular flexibility index (Phi) is 3.00. The van der Waals surface area contributed by atoms with E-state index in [0.29, 0.717) is 12.5 Å². The van der Waals surface area contributed by atoms with Crippen LogP contribution in [0.3, 0.4) is 0 Å². The van der Waals surface area contributed by atoms with Crippen LogP contribution in [0.2, 0.25) is 0 Å². The molecule has 13 heavy (non-hydrogen) atoms. The highest BCUT2D eigenvalue weighted by atomic mass is 19.1. The topological polar surface area (TPSA) is 40.5 Å². The van der Waals surface area contributed by atoms with Gasteiger partial charge in [-0.3, -0.25) is 0 Å². The second-order valence-corrected chi connectivity index (χ2v) is 2.69. The summed E-state index contributed by atoms with van der Waals surface area (Å²) >= 11 is 0. The Bertz CT molecular complexity index is 315. The molecule has 0 unspecified atom stereocenters. The van der Waals surface area contributed by atoms with Gasteiger partial charge in [-0.15, -0.1) is 0 Å². The van der Waals surface area contributed by atoms with Crippen LogP contribution in [-0.4, -0.2) is 17.2 Å². The molecule has 0 saturated heterocycles. The predicted molar refractivity (Wildman–Crippen MR) is 45.6 cm³/mol. The third-order valence-corrected chi connectivity index (χ3v) is 1.82. The first-order valence-corrected chi connectivity index (χ1v) is 3.90. The molecule has 70 valence electrons. The summed E-state index contributed by atoms with van der Waals surface area (Å²) in [5.41, 5.74) is -0.0252. The molecule has 2 N–H and O–H groups in total. The van der Waals surface area contributed by atoms with Crippen molar-refractivity contribution in [2.75, 3.05) is 0 Å². The Balaban J connectivity index is 3.22. The Morgan fingerprint density at radius 1 is 1.23 bits per heavy atom. The molecule has 0 bridgehead atoms. The van der Waals surface area contributed by atoms with Gasteiger partial charge in [0.2, 0.25) is 0 Å². The normalized spacial score (nSPS) is 10.2. The second-order valence-electron chi connectivity index (χ2n) is 2.69. The molecule has 5 heteroatoms. The van der Waals surface area contributed by atoms with Gasteiger partial charge in [0.05, 0.1) is 0 Å². The minimum absolute atomic E-state index is 0.268. The molecular formula is C8H9BF2O2. The SMILES string of the molecule is CCc1cc(B(O)O)c(F)cc1F. The fourth-order valence-corrected chi connectivity index (χ4v) is 1.08. The minimum Gasteiger partial charge on any atom is -0.423 e. The summed E-state index contributed by atoms with van der Waals surface area (Å²) in [6.45, 7) is 1.70. The lowest BCUT2D eigenvalue weighted by atomic mass is 9.79. The largest absolute Gasteiger partial charge is 0.491 e. The molecule has 0 aromatic heterocycles. The molecule has 2 nitrogen and oxygen atoms in total. The van der Waals surface area contributed by atoms with Crippen LogP contribution in [0.15, 0.2) is 12.1 Å². The fourth-order valence-electron chi connectivity index (χ4n) is 1.08. The fraction of sp³-hybridized carbons (Fsp3) is 0.250. The summed E-state index contributed by atoms with van der Waals surface area (Å²) in [4.78, 5) is 0. The van der Waals surface area contributed by atoms with Gasteiger partial charge in [-0.05, 0) is 12.0 Å². The van der Waals surface area contributed by atoms with Gasteiger partial charge in [-0.2, -0.15) is 0 Å². The Hall–Kier alpha value is -0.935. The van der Waals surface area contributed by atoms with Gasteiger partial charge in [0.15, 0.2) is 0 Å². The van der Waals surface area contributed by atoms with Crippen LogP contribution in [-0.2, 0) is 6.42 Å². The number of rotatable bonds is 2. The molecule has 0 aliphatic heterocycles. The summed E-state index contributed by atoms with van der Waals surface area (Å²) in [5, 5.41) is 17.4. The summed E-state index contributed by atoms with van der Waals surface area (Å²) < 4.78 is 25.7. The van der Waals surface area contributed by atoms with Gasteiger partial charge in [0, 0.05) is 11.5 Å². The molecular weight excluding hydrogens is 177 g/mol. The quantitative estimate of drug-likeness (QED) is 0.648. The minimum atomic E-state index is -1.90. The lowest BCUT2D eigenvalue weighted by Gasteiger charge is -2.05. The van der Waals surface area contributed by atoms with Gasteiger partial charge in [0.25, 0.3) is 0 Å². The van der Waals surface area contributed by atoms with Crippen molar-refractivity contribution in [1.29, 1.82) is 0 Å². The first-order chi connectivity index (χ1) is 6.06. The summed E-state index contributed by atoms with van der Waals surface area (Å²) in [6, 6.07) is 1.78. The van der Waals surface area contributed by atoms with Crippen LogP contribution in [0.25, 0.3) is 0 Å². The van der Waals surface area contributed by atoms with E-state index in [4.69, 9.17) is 10.0 Å². The molecule has 0 spiro atoms. The summed E-state index contributed by atoms with van der Waals surface area (Å²) in [7, 11) is -1.90. The van der Waals surface area contributed by atoms with Gasteiger partial charge in [0.1, 0.15) is 11.6 Å². The van der Waals surface area contributed by atoms with E-state index in [1.165, 1.54) is 0 Å². The smallest absolute Gasteiger partial charge is 0.423 e. The molecule has 1 aromatic carbocycles. The van der Waals surface area contributed by atoms with Gasteiger partial charge in [-0.25, -0.2) is 8.78 Å². The second kappa shape index (κ2) is 3.85. The zero-order valence-corrected chi connectivity index (χ0v) is 7.09. The Morgan fingerprint density at radius 2 is 1.85 bits per heavy atom. The number of halogens is 2. The standard InChI is InChI=1S/C8H9BF2O2/c1-2-5-3-6(9(12)13)8(11)4-7(5)10/h3-4,12-13H,2H2,1H3. The molecule has 1 rings (SSSR count). The highest BCUT2D eigenvalue weighted by molar-refractivity contribution is 6.58. The van der Waals surface area contributed by atoms with Crippen LogP contribution in [0, 0.1) is 11.6 Å². The van der Waals surface area contributed by atoms with Crippen LogP contribution >= 0.6 is 0 Å². The maximum atomic E-state index is 12.9. The van der Waals surface area contributed by atoms with E-state index >= 15 is 0 Å². The molecule has 0 aliphatic rings. The molecule has 0 amide bonds. The van der Waals surface area contributed by atoms with Crippen LogP contribution < -0.4 is 5.46 Å². The summed E-state index contributed by atoms with van der Waals surface area (Å²) in [6.07, 6.45) is 0.381. The van der Waals surface area contributed by atoms with Crippen molar-refractivity contribution in [3.05, 3.63) is 29.3 Å². The average molecular weight is 186 g/mol. The molecule has 0 saturated carbocycles. The van der Waals surface area contributed by atoms with Crippen LogP contribution in [0.1, 0.15) is 12.5 Å². The lowest BCUT2D eigenvalue weighted by molar-refractivity contribution is 0.422. The van der Waals surface area contributed by atoms with E-state index in [-0.39, 0.29) is 11.0 Å². The summed E-state index contributed by atoms with van der Waals surface area (Å²) in [5.74, 6) is -1.60. The Labute approximate surface area is 75.0 Å².